The van der Waals surface area contributed by atoms with E-state index in [4.69, 9.17) is 0 Å². The fraction of sp³-hybridized carbons (Fsp3) is 0.0417. The zero-order valence-electron chi connectivity index (χ0n) is 16.1. The molecule has 0 spiro atoms. The van der Waals surface area contributed by atoms with E-state index in [1.807, 2.05) is 54.6 Å². The Hall–Kier alpha value is -4.19. The van der Waals surface area contributed by atoms with Crippen molar-refractivity contribution in [2.75, 3.05) is 0 Å². The number of hydrogen-bond acceptors (Lipinski definition) is 5. The second kappa shape index (κ2) is 7.33. The van der Waals surface area contributed by atoms with Crippen molar-refractivity contribution in [1.82, 2.24) is 24.7 Å². The highest BCUT2D eigenvalue weighted by Gasteiger charge is 2.13. The third-order valence-electron chi connectivity index (χ3n) is 5.04. The maximum atomic E-state index is 13.3. The summed E-state index contributed by atoms with van der Waals surface area (Å²) in [6, 6.07) is 17.4. The molecular formula is C24H17N5O. The first-order valence-corrected chi connectivity index (χ1v) is 9.50. The molecule has 0 atom stereocenters. The van der Waals surface area contributed by atoms with E-state index >= 15 is 0 Å². The lowest BCUT2D eigenvalue weighted by atomic mass is 10.0. The molecule has 0 unspecified atom stereocenters. The molecule has 0 radical (unpaired) electrons. The van der Waals surface area contributed by atoms with Crippen LogP contribution in [0.3, 0.4) is 0 Å². The van der Waals surface area contributed by atoms with Crippen molar-refractivity contribution in [3.05, 3.63) is 102 Å². The highest BCUT2D eigenvalue weighted by Crippen LogP contribution is 2.24. The van der Waals surface area contributed by atoms with Gasteiger partial charge in [0, 0.05) is 24.0 Å². The van der Waals surface area contributed by atoms with Crippen LogP contribution in [0.1, 0.15) is 5.69 Å². The van der Waals surface area contributed by atoms with Crippen LogP contribution in [0.15, 0.2) is 90.8 Å². The number of nitrogens with zero attached hydrogens (tertiary/aromatic N) is 5. The average molecular weight is 391 g/mol. The minimum Gasteiger partial charge on any atom is -0.267 e. The highest BCUT2D eigenvalue weighted by atomic mass is 16.1. The smallest absolute Gasteiger partial charge is 0.267 e. The normalized spacial score (nSPS) is 11.1. The van der Waals surface area contributed by atoms with Gasteiger partial charge in [-0.2, -0.15) is 5.10 Å². The van der Waals surface area contributed by atoms with Crippen molar-refractivity contribution >= 4 is 27.4 Å². The SMILES string of the molecule is C=C(Cn1ncc2nccc(-c3ccncc3)c2c1=O)c1ccc2ccccc2n1. The third kappa shape index (κ3) is 3.14. The maximum absolute atomic E-state index is 13.3. The van der Waals surface area contributed by atoms with Crippen LogP contribution in [0.25, 0.3) is 38.5 Å². The molecule has 4 heterocycles. The minimum atomic E-state index is -0.214. The van der Waals surface area contributed by atoms with Gasteiger partial charge in [0.2, 0.25) is 0 Å². The molecule has 5 rings (SSSR count). The van der Waals surface area contributed by atoms with E-state index in [-0.39, 0.29) is 12.1 Å². The Bertz CT molecular complexity index is 1460. The zero-order chi connectivity index (χ0) is 20.5. The Balaban J connectivity index is 1.57. The fourth-order valence-corrected chi connectivity index (χ4v) is 3.52. The number of aromatic nitrogens is 5. The summed E-state index contributed by atoms with van der Waals surface area (Å²) in [5.41, 5.74) is 4.39. The number of fused-ring (bicyclic) bond motifs is 2. The van der Waals surface area contributed by atoms with Crippen molar-refractivity contribution in [1.29, 1.82) is 0 Å². The fourth-order valence-electron chi connectivity index (χ4n) is 3.52. The molecule has 6 nitrogen and oxygen atoms in total. The van der Waals surface area contributed by atoms with Gasteiger partial charge in [0.25, 0.3) is 5.56 Å². The Labute approximate surface area is 172 Å². The number of hydrogen-bond donors (Lipinski definition) is 0. The second-order valence-electron chi connectivity index (χ2n) is 6.95. The van der Waals surface area contributed by atoms with Crippen LogP contribution in [-0.2, 0) is 6.54 Å². The van der Waals surface area contributed by atoms with Crippen LogP contribution in [0, 0.1) is 0 Å². The van der Waals surface area contributed by atoms with Crippen molar-refractivity contribution in [3.63, 3.8) is 0 Å². The Kier molecular flexibility index (Phi) is 4.37. The molecule has 0 aliphatic rings. The van der Waals surface area contributed by atoms with E-state index in [2.05, 4.69) is 26.6 Å². The lowest BCUT2D eigenvalue weighted by molar-refractivity contribution is 0.668. The number of benzene rings is 1. The molecule has 0 aliphatic heterocycles. The molecule has 1 aromatic carbocycles. The Morgan fingerprint density at radius 3 is 2.63 bits per heavy atom. The summed E-state index contributed by atoms with van der Waals surface area (Å²) < 4.78 is 1.41. The van der Waals surface area contributed by atoms with Crippen LogP contribution in [-0.4, -0.2) is 24.7 Å². The van der Waals surface area contributed by atoms with Gasteiger partial charge >= 0.3 is 0 Å². The van der Waals surface area contributed by atoms with Crippen LogP contribution >= 0.6 is 0 Å². The van der Waals surface area contributed by atoms with Crippen LogP contribution in [0.5, 0.6) is 0 Å². The van der Waals surface area contributed by atoms with Gasteiger partial charge in [-0.3, -0.25) is 14.8 Å². The van der Waals surface area contributed by atoms with E-state index in [1.165, 1.54) is 4.68 Å². The van der Waals surface area contributed by atoms with Crippen LogP contribution in [0.4, 0.5) is 0 Å². The maximum Gasteiger partial charge on any atom is 0.277 e. The van der Waals surface area contributed by atoms with Crippen molar-refractivity contribution in [2.45, 2.75) is 6.54 Å². The molecule has 30 heavy (non-hydrogen) atoms. The summed E-state index contributed by atoms with van der Waals surface area (Å²) in [4.78, 5) is 26.3. The number of allylic oxidation sites excluding steroid dienone is 1. The standard InChI is InChI=1S/C24H17N5O/c1-16(20-7-6-18-4-2-3-5-21(18)28-20)15-29-24(30)23-19(17-8-11-25-12-9-17)10-13-26-22(23)14-27-29/h2-14H,1,15H2. The number of pyridine rings is 3. The summed E-state index contributed by atoms with van der Waals surface area (Å²) in [5.74, 6) is 0. The van der Waals surface area contributed by atoms with Gasteiger partial charge in [-0.1, -0.05) is 30.8 Å². The van der Waals surface area contributed by atoms with E-state index in [1.54, 1.807) is 24.8 Å². The van der Waals surface area contributed by atoms with Gasteiger partial charge < -0.3 is 0 Å². The first-order valence-electron chi connectivity index (χ1n) is 9.50. The van der Waals surface area contributed by atoms with Crippen LogP contribution in [0.2, 0.25) is 0 Å². The molecule has 0 saturated carbocycles. The van der Waals surface area contributed by atoms with Gasteiger partial charge in [-0.15, -0.1) is 0 Å². The van der Waals surface area contributed by atoms with Crippen molar-refractivity contribution < 1.29 is 0 Å². The van der Waals surface area contributed by atoms with E-state index in [0.717, 1.165) is 27.7 Å². The van der Waals surface area contributed by atoms with E-state index in [0.29, 0.717) is 16.5 Å². The molecule has 6 heteroatoms. The topological polar surface area (TPSA) is 73.6 Å². The van der Waals surface area contributed by atoms with Crippen molar-refractivity contribution in [3.8, 4) is 11.1 Å². The van der Waals surface area contributed by atoms with Gasteiger partial charge in [0.05, 0.1) is 34.9 Å². The van der Waals surface area contributed by atoms with Gasteiger partial charge in [0.1, 0.15) is 0 Å². The Morgan fingerprint density at radius 1 is 0.933 bits per heavy atom. The number of para-hydroxylation sites is 1. The largest absolute Gasteiger partial charge is 0.277 e. The zero-order valence-corrected chi connectivity index (χ0v) is 16.1. The molecule has 0 fully saturated rings. The summed E-state index contributed by atoms with van der Waals surface area (Å²) in [6.45, 7) is 4.38. The van der Waals surface area contributed by atoms with Gasteiger partial charge in [-0.05, 0) is 47.0 Å². The molecule has 0 saturated heterocycles. The highest BCUT2D eigenvalue weighted by molar-refractivity contribution is 5.93. The first kappa shape index (κ1) is 17.9. The van der Waals surface area contributed by atoms with Gasteiger partial charge in [0.15, 0.2) is 0 Å². The predicted octanol–water partition coefficient (Wildman–Crippen LogP) is 4.12. The summed E-state index contributed by atoms with van der Waals surface area (Å²) in [7, 11) is 0. The quantitative estimate of drug-likeness (QED) is 0.461. The van der Waals surface area contributed by atoms with Crippen LogP contribution < -0.4 is 5.56 Å². The summed E-state index contributed by atoms with van der Waals surface area (Å²) in [5, 5.41) is 5.89. The monoisotopic (exact) mass is 391 g/mol. The molecule has 0 bridgehead atoms. The molecular weight excluding hydrogens is 374 g/mol. The third-order valence-corrected chi connectivity index (χ3v) is 5.04. The summed E-state index contributed by atoms with van der Waals surface area (Å²) >= 11 is 0. The molecule has 4 aromatic heterocycles. The van der Waals surface area contributed by atoms with Crippen molar-refractivity contribution in [2.24, 2.45) is 0 Å². The Morgan fingerprint density at radius 2 is 1.77 bits per heavy atom. The van der Waals surface area contributed by atoms with E-state index < -0.39 is 0 Å². The molecule has 0 aliphatic carbocycles. The first-order chi connectivity index (χ1) is 14.7. The number of rotatable bonds is 4. The lowest BCUT2D eigenvalue weighted by Crippen LogP contribution is -2.24. The minimum absolute atomic E-state index is 0.214. The summed E-state index contributed by atoms with van der Waals surface area (Å²) in [6.07, 6.45) is 6.70. The second-order valence-corrected chi connectivity index (χ2v) is 6.95. The lowest BCUT2D eigenvalue weighted by Gasteiger charge is -2.11. The van der Waals surface area contributed by atoms with Gasteiger partial charge in [-0.25, -0.2) is 9.67 Å². The molecule has 0 N–H and O–H groups in total. The molecule has 0 amide bonds. The molecule has 144 valence electrons. The average Bonchev–Trinajstić information content (AvgIpc) is 2.80. The predicted molar refractivity (Wildman–Crippen MR) is 118 cm³/mol. The molecule has 5 aromatic rings. The van der Waals surface area contributed by atoms with E-state index in [9.17, 15) is 4.79 Å².